The van der Waals surface area contributed by atoms with E-state index >= 15 is 0 Å². The van der Waals surface area contributed by atoms with Crippen molar-refractivity contribution in [1.29, 1.82) is 0 Å². The van der Waals surface area contributed by atoms with Crippen LogP contribution in [0.15, 0.2) is 0 Å². The molecular weight excluding hydrogens is 158 g/mol. The standard InChI is InChI=1S/C12H27N/c1-5-6-7-8-9-12(2,3)10-11-13-4/h13H,5-11H2,1-4H3. The third kappa shape index (κ3) is 8.29. The highest BCUT2D eigenvalue weighted by Crippen LogP contribution is 2.27. The zero-order valence-electron chi connectivity index (χ0n) is 9.95. The molecule has 0 fully saturated rings. The second-order valence-electron chi connectivity index (χ2n) is 4.83. The molecule has 0 saturated carbocycles. The van der Waals surface area contributed by atoms with Crippen molar-refractivity contribution in [1.82, 2.24) is 5.32 Å². The van der Waals surface area contributed by atoms with Gasteiger partial charge in [-0.05, 0) is 31.8 Å². The molecule has 0 amide bonds. The average Bonchev–Trinajstić information content (AvgIpc) is 2.09. The predicted molar refractivity (Wildman–Crippen MR) is 61.1 cm³/mol. The maximum Gasteiger partial charge on any atom is -0.00468 e. The molecular formula is C12H27N. The van der Waals surface area contributed by atoms with E-state index in [0.29, 0.717) is 5.41 Å². The molecule has 0 unspecified atom stereocenters. The summed E-state index contributed by atoms with van der Waals surface area (Å²) in [6.07, 6.45) is 8.26. The van der Waals surface area contributed by atoms with Crippen molar-refractivity contribution in [3.05, 3.63) is 0 Å². The predicted octanol–water partition coefficient (Wildman–Crippen LogP) is 3.59. The van der Waals surface area contributed by atoms with E-state index in [4.69, 9.17) is 0 Å². The van der Waals surface area contributed by atoms with Gasteiger partial charge in [0.2, 0.25) is 0 Å². The molecule has 0 spiro atoms. The number of hydrogen-bond acceptors (Lipinski definition) is 1. The van der Waals surface area contributed by atoms with Crippen molar-refractivity contribution in [2.75, 3.05) is 13.6 Å². The first-order valence-corrected chi connectivity index (χ1v) is 5.77. The molecule has 1 nitrogen and oxygen atoms in total. The van der Waals surface area contributed by atoms with E-state index in [0.717, 1.165) is 6.54 Å². The van der Waals surface area contributed by atoms with Gasteiger partial charge in [-0.3, -0.25) is 0 Å². The molecule has 0 aromatic heterocycles. The first-order chi connectivity index (χ1) is 6.12. The van der Waals surface area contributed by atoms with Gasteiger partial charge in [-0.1, -0.05) is 46.5 Å². The third-order valence-corrected chi connectivity index (χ3v) is 2.76. The largest absolute Gasteiger partial charge is 0.320 e. The lowest BCUT2D eigenvalue weighted by molar-refractivity contribution is 0.293. The van der Waals surface area contributed by atoms with E-state index in [1.165, 1.54) is 38.5 Å². The van der Waals surface area contributed by atoms with E-state index in [-0.39, 0.29) is 0 Å². The minimum atomic E-state index is 0.538. The Morgan fingerprint density at radius 2 is 1.69 bits per heavy atom. The molecule has 0 bridgehead atoms. The Bertz CT molecular complexity index is 108. The zero-order chi connectivity index (χ0) is 10.2. The summed E-state index contributed by atoms with van der Waals surface area (Å²) in [6.45, 7) is 8.19. The highest BCUT2D eigenvalue weighted by atomic mass is 14.8. The molecule has 13 heavy (non-hydrogen) atoms. The van der Waals surface area contributed by atoms with Crippen molar-refractivity contribution in [3.8, 4) is 0 Å². The molecule has 0 radical (unpaired) electrons. The van der Waals surface area contributed by atoms with Crippen LogP contribution in [0.2, 0.25) is 0 Å². The number of hydrogen-bond donors (Lipinski definition) is 1. The Morgan fingerprint density at radius 1 is 1.00 bits per heavy atom. The lowest BCUT2D eigenvalue weighted by Crippen LogP contribution is -2.19. The van der Waals surface area contributed by atoms with Crippen LogP contribution in [-0.4, -0.2) is 13.6 Å². The van der Waals surface area contributed by atoms with Crippen LogP contribution in [-0.2, 0) is 0 Å². The Balaban J connectivity index is 3.39. The highest BCUT2D eigenvalue weighted by Gasteiger charge is 2.15. The van der Waals surface area contributed by atoms with Gasteiger partial charge in [0.1, 0.15) is 0 Å². The van der Waals surface area contributed by atoms with Gasteiger partial charge in [0.05, 0.1) is 0 Å². The summed E-state index contributed by atoms with van der Waals surface area (Å²) in [4.78, 5) is 0. The lowest BCUT2D eigenvalue weighted by Gasteiger charge is -2.24. The minimum absolute atomic E-state index is 0.538. The van der Waals surface area contributed by atoms with Crippen molar-refractivity contribution in [3.63, 3.8) is 0 Å². The van der Waals surface area contributed by atoms with Crippen molar-refractivity contribution < 1.29 is 0 Å². The summed E-state index contributed by atoms with van der Waals surface area (Å²) in [5.41, 5.74) is 0.538. The van der Waals surface area contributed by atoms with Crippen LogP contribution in [0, 0.1) is 5.41 Å². The summed E-state index contributed by atoms with van der Waals surface area (Å²) in [6, 6.07) is 0. The molecule has 0 aliphatic rings. The molecule has 0 saturated heterocycles. The van der Waals surface area contributed by atoms with E-state index in [2.05, 4.69) is 26.1 Å². The fraction of sp³-hybridized carbons (Fsp3) is 1.00. The van der Waals surface area contributed by atoms with E-state index in [9.17, 15) is 0 Å². The van der Waals surface area contributed by atoms with Crippen LogP contribution in [0.4, 0.5) is 0 Å². The quantitative estimate of drug-likeness (QED) is 0.570. The maximum absolute atomic E-state index is 3.23. The van der Waals surface area contributed by atoms with E-state index in [1.807, 2.05) is 7.05 Å². The molecule has 0 aromatic rings. The van der Waals surface area contributed by atoms with Gasteiger partial charge in [-0.25, -0.2) is 0 Å². The van der Waals surface area contributed by atoms with Crippen LogP contribution in [0.25, 0.3) is 0 Å². The third-order valence-electron chi connectivity index (χ3n) is 2.76. The van der Waals surface area contributed by atoms with E-state index in [1.54, 1.807) is 0 Å². The number of nitrogens with one attached hydrogen (secondary N) is 1. The second kappa shape index (κ2) is 7.37. The monoisotopic (exact) mass is 185 g/mol. The molecule has 0 heterocycles. The van der Waals surface area contributed by atoms with Crippen molar-refractivity contribution >= 4 is 0 Å². The van der Waals surface area contributed by atoms with Gasteiger partial charge < -0.3 is 5.32 Å². The Kier molecular flexibility index (Phi) is 7.35. The highest BCUT2D eigenvalue weighted by molar-refractivity contribution is 4.69. The maximum atomic E-state index is 3.23. The van der Waals surface area contributed by atoms with Crippen LogP contribution in [0.1, 0.15) is 59.3 Å². The van der Waals surface area contributed by atoms with Gasteiger partial charge >= 0.3 is 0 Å². The molecule has 1 N–H and O–H groups in total. The van der Waals surface area contributed by atoms with Crippen LogP contribution in [0.5, 0.6) is 0 Å². The van der Waals surface area contributed by atoms with Gasteiger partial charge in [-0.15, -0.1) is 0 Å². The van der Waals surface area contributed by atoms with Gasteiger partial charge in [0.25, 0.3) is 0 Å². The molecule has 80 valence electrons. The fourth-order valence-corrected chi connectivity index (χ4v) is 1.62. The summed E-state index contributed by atoms with van der Waals surface area (Å²) in [7, 11) is 2.03. The lowest BCUT2D eigenvalue weighted by atomic mass is 9.83. The minimum Gasteiger partial charge on any atom is -0.320 e. The number of unbranched alkanes of at least 4 members (excludes halogenated alkanes) is 3. The molecule has 0 aliphatic heterocycles. The van der Waals surface area contributed by atoms with Gasteiger partial charge in [0.15, 0.2) is 0 Å². The smallest absolute Gasteiger partial charge is 0.00468 e. The first-order valence-electron chi connectivity index (χ1n) is 5.77. The average molecular weight is 185 g/mol. The SMILES string of the molecule is CCCCCCC(C)(C)CCNC. The van der Waals surface area contributed by atoms with E-state index < -0.39 is 0 Å². The summed E-state index contributed by atoms with van der Waals surface area (Å²) < 4.78 is 0. The van der Waals surface area contributed by atoms with Crippen LogP contribution >= 0.6 is 0 Å². The van der Waals surface area contributed by atoms with Gasteiger partial charge in [-0.2, -0.15) is 0 Å². The normalized spacial score (nSPS) is 12.0. The topological polar surface area (TPSA) is 12.0 Å². The zero-order valence-corrected chi connectivity index (χ0v) is 9.95. The molecule has 0 aliphatic carbocycles. The Labute approximate surface area is 84.3 Å². The second-order valence-corrected chi connectivity index (χ2v) is 4.83. The molecule has 0 rings (SSSR count). The molecule has 1 heteroatoms. The first kappa shape index (κ1) is 13.0. The van der Waals surface area contributed by atoms with Gasteiger partial charge in [0, 0.05) is 0 Å². The Morgan fingerprint density at radius 3 is 2.23 bits per heavy atom. The van der Waals surface area contributed by atoms with Crippen molar-refractivity contribution in [2.24, 2.45) is 5.41 Å². The van der Waals surface area contributed by atoms with Crippen LogP contribution < -0.4 is 5.32 Å². The summed E-state index contributed by atoms with van der Waals surface area (Å²) in [5, 5.41) is 3.23. The van der Waals surface area contributed by atoms with Crippen LogP contribution in [0.3, 0.4) is 0 Å². The summed E-state index contributed by atoms with van der Waals surface area (Å²) >= 11 is 0. The van der Waals surface area contributed by atoms with Crippen molar-refractivity contribution in [2.45, 2.75) is 59.3 Å². The Hall–Kier alpha value is -0.0400. The molecule has 0 atom stereocenters. The molecule has 0 aromatic carbocycles. The summed E-state index contributed by atoms with van der Waals surface area (Å²) in [5.74, 6) is 0. The fourth-order valence-electron chi connectivity index (χ4n) is 1.62. The number of rotatable bonds is 8.